The van der Waals surface area contributed by atoms with Crippen molar-refractivity contribution in [2.24, 2.45) is 50.3 Å². The average molecular weight is 432 g/mol. The third-order valence-corrected chi connectivity index (χ3v) is 11.3. The summed E-state index contributed by atoms with van der Waals surface area (Å²) in [6, 6.07) is 0. The van der Waals surface area contributed by atoms with Gasteiger partial charge < -0.3 is 5.11 Å². The fourth-order valence-corrected chi connectivity index (χ4v) is 10.0. The molecule has 0 saturated heterocycles. The second-order valence-corrected chi connectivity index (χ2v) is 12.9. The van der Waals surface area contributed by atoms with Gasteiger partial charge in [0.2, 0.25) is 0 Å². The highest BCUT2D eigenvalue weighted by molar-refractivity contribution is 5.80. The Balaban J connectivity index is 1.29. The third kappa shape index (κ3) is 2.48. The molecule has 0 aromatic carbocycles. The van der Waals surface area contributed by atoms with Crippen molar-refractivity contribution < 1.29 is 5.11 Å². The molecular formula is C30H41NO. The van der Waals surface area contributed by atoms with Crippen molar-refractivity contribution in [1.82, 2.24) is 0 Å². The van der Waals surface area contributed by atoms with E-state index in [0.717, 1.165) is 31.2 Å². The van der Waals surface area contributed by atoms with Crippen molar-refractivity contribution in [2.45, 2.75) is 72.1 Å². The first kappa shape index (κ1) is 21.1. The molecule has 32 heavy (non-hydrogen) atoms. The van der Waals surface area contributed by atoms with Crippen LogP contribution in [0.5, 0.6) is 0 Å². The van der Waals surface area contributed by atoms with Gasteiger partial charge in [-0.05, 0) is 91.4 Å². The Hall–Kier alpha value is -1.41. The Kier molecular flexibility index (Phi) is 4.50. The lowest BCUT2D eigenvalue weighted by Gasteiger charge is -2.60. The Morgan fingerprint density at radius 2 is 2.03 bits per heavy atom. The maximum Gasteiger partial charge on any atom is 0.0576 e. The molecule has 0 radical (unpaired) electrons. The van der Waals surface area contributed by atoms with E-state index in [9.17, 15) is 5.11 Å². The second-order valence-electron chi connectivity index (χ2n) is 12.9. The van der Waals surface area contributed by atoms with Gasteiger partial charge in [0.05, 0.1) is 6.54 Å². The van der Waals surface area contributed by atoms with Crippen LogP contribution in [0.3, 0.4) is 0 Å². The number of fused-ring (bicyclic) bond motifs is 1. The topological polar surface area (TPSA) is 32.6 Å². The first-order valence-corrected chi connectivity index (χ1v) is 13.2. The molecule has 2 spiro atoms. The van der Waals surface area contributed by atoms with E-state index in [1.807, 2.05) is 6.21 Å². The summed E-state index contributed by atoms with van der Waals surface area (Å²) >= 11 is 0. The SMILES string of the molecule is C=C1C=C2C3(CCC(CC(CO)CC4=CCN=C4)C3)CCC3CC=CC4(C1C4(C)C)C23C. The van der Waals surface area contributed by atoms with E-state index in [0.29, 0.717) is 34.7 Å². The van der Waals surface area contributed by atoms with Crippen molar-refractivity contribution in [3.8, 4) is 0 Å². The van der Waals surface area contributed by atoms with E-state index < -0.39 is 0 Å². The molecule has 1 aliphatic heterocycles. The molecule has 6 aliphatic rings. The molecule has 7 atom stereocenters. The molecule has 0 aromatic heterocycles. The fraction of sp³-hybridized carbons (Fsp3) is 0.700. The first-order chi connectivity index (χ1) is 15.3. The number of allylic oxidation sites excluding steroid dienone is 6. The molecule has 172 valence electrons. The molecule has 1 heterocycles. The minimum absolute atomic E-state index is 0.289. The summed E-state index contributed by atoms with van der Waals surface area (Å²) in [6.45, 7) is 13.4. The summed E-state index contributed by atoms with van der Waals surface area (Å²) < 4.78 is 0. The maximum absolute atomic E-state index is 10.1. The van der Waals surface area contributed by atoms with Crippen molar-refractivity contribution in [2.75, 3.05) is 13.2 Å². The summed E-state index contributed by atoms with van der Waals surface area (Å²) in [6.07, 6.45) is 22.1. The van der Waals surface area contributed by atoms with Gasteiger partial charge in [-0.15, -0.1) is 0 Å². The largest absolute Gasteiger partial charge is 0.396 e. The van der Waals surface area contributed by atoms with Crippen molar-refractivity contribution in [3.05, 3.63) is 47.6 Å². The van der Waals surface area contributed by atoms with E-state index in [2.05, 4.69) is 56.6 Å². The molecular weight excluding hydrogens is 390 g/mol. The molecule has 0 amide bonds. The summed E-state index contributed by atoms with van der Waals surface area (Å²) in [4.78, 5) is 4.34. The van der Waals surface area contributed by atoms with Crippen molar-refractivity contribution in [3.63, 3.8) is 0 Å². The zero-order valence-electron chi connectivity index (χ0n) is 20.4. The lowest BCUT2D eigenvalue weighted by atomic mass is 9.44. The zero-order valence-corrected chi connectivity index (χ0v) is 20.4. The Bertz CT molecular complexity index is 965. The number of hydrogen-bond acceptors (Lipinski definition) is 2. The normalized spacial score (nSPS) is 46.0. The van der Waals surface area contributed by atoms with Gasteiger partial charge in [-0.1, -0.05) is 62.8 Å². The standard InChI is InChI=1S/C30H41NO/c1-20-14-25-28(4)24(6-5-10-30(28)26(20)27(30,2)3)8-12-29(25)11-7-21(17-29)15-23(19-32)16-22-9-13-31-18-22/h5,9-10,14,18,21,23-24,26,32H,1,6-8,11-13,15-17,19H2,2-4H3. The number of aliphatic imine (C=N–C) groups is 1. The van der Waals surface area contributed by atoms with Crippen LogP contribution in [0.4, 0.5) is 0 Å². The van der Waals surface area contributed by atoms with Gasteiger partial charge in [0, 0.05) is 23.7 Å². The average Bonchev–Trinajstić information content (AvgIpc) is 3.17. The first-order valence-electron chi connectivity index (χ1n) is 13.2. The van der Waals surface area contributed by atoms with E-state index in [1.165, 1.54) is 49.7 Å². The van der Waals surface area contributed by atoms with Crippen LogP contribution in [0.15, 0.2) is 52.6 Å². The summed E-state index contributed by atoms with van der Waals surface area (Å²) in [5, 5.41) is 10.1. The Labute approximate surface area is 194 Å². The molecule has 2 heteroatoms. The van der Waals surface area contributed by atoms with Crippen molar-refractivity contribution >= 4 is 6.21 Å². The van der Waals surface area contributed by atoms with Crippen molar-refractivity contribution in [1.29, 1.82) is 0 Å². The maximum atomic E-state index is 10.1. The van der Waals surface area contributed by atoms with Crippen LogP contribution in [-0.2, 0) is 0 Å². The number of hydrogen-bond donors (Lipinski definition) is 1. The van der Waals surface area contributed by atoms with Gasteiger partial charge in [-0.25, -0.2) is 0 Å². The molecule has 7 unspecified atom stereocenters. The van der Waals surface area contributed by atoms with Crippen LogP contribution >= 0.6 is 0 Å². The predicted molar refractivity (Wildman–Crippen MR) is 133 cm³/mol. The molecule has 3 saturated carbocycles. The molecule has 0 aromatic rings. The van der Waals surface area contributed by atoms with Crippen LogP contribution in [0.25, 0.3) is 0 Å². The summed E-state index contributed by atoms with van der Waals surface area (Å²) in [7, 11) is 0. The number of aliphatic hydroxyl groups excluding tert-OH is 1. The lowest BCUT2D eigenvalue weighted by Crippen LogP contribution is -2.51. The highest BCUT2D eigenvalue weighted by atomic mass is 16.3. The fourth-order valence-electron chi connectivity index (χ4n) is 10.0. The van der Waals surface area contributed by atoms with Crippen LogP contribution in [0, 0.1) is 45.3 Å². The van der Waals surface area contributed by atoms with Crippen LogP contribution in [-0.4, -0.2) is 24.5 Å². The van der Waals surface area contributed by atoms with E-state index >= 15 is 0 Å². The lowest BCUT2D eigenvalue weighted by molar-refractivity contribution is 0.0207. The van der Waals surface area contributed by atoms with Crippen LogP contribution in [0.2, 0.25) is 0 Å². The minimum atomic E-state index is 0.289. The Morgan fingerprint density at radius 3 is 2.78 bits per heavy atom. The van der Waals surface area contributed by atoms with Crippen LogP contribution < -0.4 is 0 Å². The number of nitrogens with zero attached hydrogens (tertiary/aromatic N) is 1. The van der Waals surface area contributed by atoms with E-state index in [4.69, 9.17) is 0 Å². The van der Waals surface area contributed by atoms with Gasteiger partial charge in [-0.3, -0.25) is 4.99 Å². The molecule has 6 rings (SSSR count). The van der Waals surface area contributed by atoms with E-state index in [1.54, 1.807) is 5.57 Å². The third-order valence-electron chi connectivity index (χ3n) is 11.3. The highest BCUT2D eigenvalue weighted by Gasteiger charge is 2.81. The minimum Gasteiger partial charge on any atom is -0.396 e. The van der Waals surface area contributed by atoms with Gasteiger partial charge in [0.1, 0.15) is 0 Å². The molecule has 2 nitrogen and oxygen atoms in total. The number of aliphatic hydroxyl groups is 1. The van der Waals surface area contributed by atoms with Gasteiger partial charge in [0.25, 0.3) is 0 Å². The molecule has 5 aliphatic carbocycles. The monoisotopic (exact) mass is 431 g/mol. The second kappa shape index (κ2) is 6.81. The quantitative estimate of drug-likeness (QED) is 0.483. The smallest absolute Gasteiger partial charge is 0.0576 e. The zero-order chi connectivity index (χ0) is 22.4. The van der Waals surface area contributed by atoms with Crippen LogP contribution in [0.1, 0.15) is 72.1 Å². The van der Waals surface area contributed by atoms with Gasteiger partial charge >= 0.3 is 0 Å². The number of rotatable bonds is 5. The predicted octanol–water partition coefficient (Wildman–Crippen LogP) is 6.69. The van der Waals surface area contributed by atoms with Gasteiger partial charge in [0.15, 0.2) is 0 Å². The van der Waals surface area contributed by atoms with Gasteiger partial charge in [-0.2, -0.15) is 0 Å². The summed E-state index contributed by atoms with van der Waals surface area (Å²) in [5.41, 5.74) is 5.79. The summed E-state index contributed by atoms with van der Waals surface area (Å²) in [5.74, 6) is 2.53. The molecule has 1 N–H and O–H groups in total. The molecule has 0 bridgehead atoms. The highest BCUT2D eigenvalue weighted by Crippen LogP contribution is 2.87. The Morgan fingerprint density at radius 1 is 1.22 bits per heavy atom. The molecule has 3 fully saturated rings. The van der Waals surface area contributed by atoms with E-state index in [-0.39, 0.29) is 5.41 Å².